The third kappa shape index (κ3) is 3.38. The number of rotatable bonds is 3. The van der Waals surface area contributed by atoms with Gasteiger partial charge in [-0.05, 0) is 24.8 Å². The second-order valence-corrected chi connectivity index (χ2v) is 7.27. The molecule has 0 atom stereocenters. The van der Waals surface area contributed by atoms with E-state index in [0.29, 0.717) is 6.04 Å². The SMILES string of the molecule is O=C1C(=CCc2ccccc2)SC(=S)N1C1CCCCC1. The molecule has 1 heterocycles. The molecule has 0 unspecified atom stereocenters. The molecule has 1 aliphatic carbocycles. The number of benzene rings is 1. The summed E-state index contributed by atoms with van der Waals surface area (Å²) in [5.41, 5.74) is 1.22. The lowest BCUT2D eigenvalue weighted by Crippen LogP contribution is -2.39. The summed E-state index contributed by atoms with van der Waals surface area (Å²) in [6, 6.07) is 10.5. The number of amides is 1. The van der Waals surface area contributed by atoms with Crippen molar-refractivity contribution in [3.8, 4) is 0 Å². The zero-order valence-corrected chi connectivity index (χ0v) is 13.6. The molecule has 0 spiro atoms. The first-order valence-corrected chi connectivity index (χ1v) is 8.77. The van der Waals surface area contributed by atoms with E-state index in [0.717, 1.165) is 28.5 Å². The maximum absolute atomic E-state index is 12.6. The summed E-state index contributed by atoms with van der Waals surface area (Å²) in [6.07, 6.45) is 8.72. The van der Waals surface area contributed by atoms with E-state index in [1.807, 2.05) is 29.2 Å². The van der Waals surface area contributed by atoms with Crippen LogP contribution in [0.15, 0.2) is 41.3 Å². The molecule has 1 amide bonds. The standard InChI is InChI=1S/C17H19NOS2/c19-16-15(12-11-13-7-3-1-4-8-13)21-17(20)18(16)14-9-5-2-6-10-14/h1,3-4,7-8,12,14H,2,5-6,9-11H2. The van der Waals surface area contributed by atoms with Crippen molar-refractivity contribution in [2.45, 2.75) is 44.6 Å². The van der Waals surface area contributed by atoms with Gasteiger partial charge in [-0.2, -0.15) is 0 Å². The van der Waals surface area contributed by atoms with E-state index >= 15 is 0 Å². The number of allylic oxidation sites excluding steroid dienone is 1. The summed E-state index contributed by atoms with van der Waals surface area (Å²) < 4.78 is 0.742. The van der Waals surface area contributed by atoms with E-state index < -0.39 is 0 Å². The van der Waals surface area contributed by atoms with Crippen LogP contribution in [0.2, 0.25) is 0 Å². The zero-order chi connectivity index (χ0) is 14.7. The summed E-state index contributed by atoms with van der Waals surface area (Å²) >= 11 is 6.90. The lowest BCUT2D eigenvalue weighted by atomic mass is 9.94. The van der Waals surface area contributed by atoms with Gasteiger partial charge in [-0.25, -0.2) is 0 Å². The molecule has 110 valence electrons. The Morgan fingerprint density at radius 1 is 1.19 bits per heavy atom. The fraction of sp³-hybridized carbons (Fsp3) is 0.412. The van der Waals surface area contributed by atoms with Crippen molar-refractivity contribution in [3.05, 3.63) is 46.9 Å². The lowest BCUT2D eigenvalue weighted by molar-refractivity contribution is -0.124. The highest BCUT2D eigenvalue weighted by Crippen LogP contribution is 2.36. The second kappa shape index (κ2) is 6.75. The van der Waals surface area contributed by atoms with Crippen LogP contribution >= 0.6 is 24.0 Å². The fourth-order valence-electron chi connectivity index (χ4n) is 3.00. The minimum absolute atomic E-state index is 0.118. The molecule has 1 aromatic rings. The molecule has 21 heavy (non-hydrogen) atoms. The highest BCUT2D eigenvalue weighted by molar-refractivity contribution is 8.26. The van der Waals surface area contributed by atoms with E-state index in [9.17, 15) is 4.79 Å². The van der Waals surface area contributed by atoms with Gasteiger partial charge in [-0.15, -0.1) is 0 Å². The first-order valence-electron chi connectivity index (χ1n) is 7.55. The number of thioether (sulfide) groups is 1. The van der Waals surface area contributed by atoms with Crippen LogP contribution in [0.1, 0.15) is 37.7 Å². The number of nitrogens with zero attached hydrogens (tertiary/aromatic N) is 1. The van der Waals surface area contributed by atoms with Gasteiger partial charge in [0, 0.05) is 6.04 Å². The molecule has 2 aliphatic rings. The van der Waals surface area contributed by atoms with Crippen molar-refractivity contribution in [2.75, 3.05) is 0 Å². The maximum Gasteiger partial charge on any atom is 0.266 e. The van der Waals surface area contributed by atoms with Gasteiger partial charge in [-0.1, -0.05) is 79.7 Å². The Kier molecular flexibility index (Phi) is 4.76. The molecule has 0 aromatic heterocycles. The Bertz CT molecular complexity index is 561. The van der Waals surface area contributed by atoms with Gasteiger partial charge < -0.3 is 0 Å². The normalized spacial score (nSPS) is 22.3. The summed E-state index contributed by atoms with van der Waals surface area (Å²) in [7, 11) is 0. The zero-order valence-electron chi connectivity index (χ0n) is 12.0. The largest absolute Gasteiger partial charge is 0.290 e. The summed E-state index contributed by atoms with van der Waals surface area (Å²) in [5, 5.41) is 0. The Hall–Kier alpha value is -1.13. The molecule has 1 saturated carbocycles. The Labute approximate surface area is 135 Å². The van der Waals surface area contributed by atoms with Crippen molar-refractivity contribution < 1.29 is 4.79 Å². The third-order valence-electron chi connectivity index (χ3n) is 4.13. The fourth-order valence-corrected chi connectivity index (χ4v) is 4.37. The van der Waals surface area contributed by atoms with E-state index in [2.05, 4.69) is 12.1 Å². The van der Waals surface area contributed by atoms with Crippen LogP contribution in [-0.4, -0.2) is 21.2 Å². The highest BCUT2D eigenvalue weighted by Gasteiger charge is 2.37. The minimum atomic E-state index is 0.118. The number of hydrogen-bond donors (Lipinski definition) is 0. The topological polar surface area (TPSA) is 20.3 Å². The maximum atomic E-state index is 12.6. The van der Waals surface area contributed by atoms with Crippen LogP contribution < -0.4 is 0 Å². The predicted octanol–water partition coefficient (Wildman–Crippen LogP) is 4.31. The van der Waals surface area contributed by atoms with Crippen LogP contribution in [0.3, 0.4) is 0 Å². The smallest absolute Gasteiger partial charge is 0.266 e. The van der Waals surface area contributed by atoms with E-state index in [4.69, 9.17) is 12.2 Å². The molecule has 2 nitrogen and oxygen atoms in total. The average molecular weight is 317 g/mol. The molecule has 0 radical (unpaired) electrons. The average Bonchev–Trinajstić information content (AvgIpc) is 2.81. The van der Waals surface area contributed by atoms with Gasteiger partial charge in [0.25, 0.3) is 5.91 Å². The molecule has 4 heteroatoms. The van der Waals surface area contributed by atoms with Gasteiger partial charge in [0.1, 0.15) is 4.32 Å². The van der Waals surface area contributed by atoms with Crippen LogP contribution in [0.5, 0.6) is 0 Å². The quantitative estimate of drug-likeness (QED) is 0.612. The van der Waals surface area contributed by atoms with Gasteiger partial charge in [0.05, 0.1) is 4.91 Å². The minimum Gasteiger partial charge on any atom is -0.290 e. The van der Waals surface area contributed by atoms with E-state index in [-0.39, 0.29) is 5.91 Å². The molecule has 0 bridgehead atoms. The molecule has 1 saturated heterocycles. The summed E-state index contributed by atoms with van der Waals surface area (Å²) in [4.78, 5) is 15.3. The van der Waals surface area contributed by atoms with Crippen molar-refractivity contribution in [1.82, 2.24) is 4.90 Å². The van der Waals surface area contributed by atoms with Crippen molar-refractivity contribution in [3.63, 3.8) is 0 Å². The Balaban J connectivity index is 1.70. The molecule has 0 N–H and O–H groups in total. The summed E-state index contributed by atoms with van der Waals surface area (Å²) in [5.74, 6) is 0.118. The van der Waals surface area contributed by atoms with E-state index in [1.54, 1.807) is 0 Å². The summed E-state index contributed by atoms with van der Waals surface area (Å²) in [6.45, 7) is 0. The molecular formula is C17H19NOS2. The monoisotopic (exact) mass is 317 g/mol. The van der Waals surface area contributed by atoms with Crippen LogP contribution in [0, 0.1) is 0 Å². The van der Waals surface area contributed by atoms with Crippen LogP contribution in [0.25, 0.3) is 0 Å². The van der Waals surface area contributed by atoms with Crippen LogP contribution in [0.4, 0.5) is 0 Å². The Morgan fingerprint density at radius 2 is 1.90 bits per heavy atom. The number of hydrogen-bond acceptors (Lipinski definition) is 3. The van der Waals surface area contributed by atoms with E-state index in [1.165, 1.54) is 36.6 Å². The highest BCUT2D eigenvalue weighted by atomic mass is 32.2. The van der Waals surface area contributed by atoms with Crippen molar-refractivity contribution >= 4 is 34.2 Å². The third-order valence-corrected chi connectivity index (χ3v) is 5.51. The Morgan fingerprint density at radius 3 is 2.62 bits per heavy atom. The molecule has 2 fully saturated rings. The first-order chi connectivity index (χ1) is 10.3. The predicted molar refractivity (Wildman–Crippen MR) is 92.1 cm³/mol. The first kappa shape index (κ1) is 14.8. The van der Waals surface area contributed by atoms with Crippen molar-refractivity contribution in [2.24, 2.45) is 0 Å². The van der Waals surface area contributed by atoms with Crippen LogP contribution in [-0.2, 0) is 11.2 Å². The van der Waals surface area contributed by atoms with Gasteiger partial charge in [-0.3, -0.25) is 9.69 Å². The molecule has 1 aromatic carbocycles. The lowest BCUT2D eigenvalue weighted by Gasteiger charge is -2.29. The molecule has 1 aliphatic heterocycles. The van der Waals surface area contributed by atoms with Gasteiger partial charge in [0.15, 0.2) is 0 Å². The number of carbonyl (C=O) groups excluding carboxylic acids is 1. The molecule has 3 rings (SSSR count). The van der Waals surface area contributed by atoms with Gasteiger partial charge in [0.2, 0.25) is 0 Å². The molecular weight excluding hydrogens is 298 g/mol. The second-order valence-electron chi connectivity index (χ2n) is 5.59. The van der Waals surface area contributed by atoms with Gasteiger partial charge >= 0.3 is 0 Å². The van der Waals surface area contributed by atoms with Crippen molar-refractivity contribution in [1.29, 1.82) is 0 Å². The number of carbonyl (C=O) groups is 1. The number of thiocarbonyl (C=S) groups is 1.